The Bertz CT molecular complexity index is 304. The Morgan fingerprint density at radius 1 is 1.50 bits per heavy atom. The summed E-state index contributed by atoms with van der Waals surface area (Å²) < 4.78 is 5.17. The molecule has 0 saturated heterocycles. The van der Waals surface area contributed by atoms with Crippen molar-refractivity contribution < 1.29 is 4.52 Å². The number of hydrogen-bond acceptors (Lipinski definition) is 5. The molecule has 0 aliphatic heterocycles. The first-order chi connectivity index (χ1) is 6.65. The van der Waals surface area contributed by atoms with E-state index in [9.17, 15) is 0 Å². The van der Waals surface area contributed by atoms with E-state index in [1.165, 1.54) is 0 Å². The van der Waals surface area contributed by atoms with Gasteiger partial charge in [-0.05, 0) is 26.9 Å². The third kappa shape index (κ3) is 1.93. The molecular weight excluding hydrogens is 180 g/mol. The smallest absolute Gasteiger partial charge is 0.229 e. The van der Waals surface area contributed by atoms with Crippen molar-refractivity contribution in [3.63, 3.8) is 0 Å². The molecule has 0 bridgehead atoms. The van der Waals surface area contributed by atoms with E-state index in [0.717, 1.165) is 31.1 Å². The van der Waals surface area contributed by atoms with Gasteiger partial charge in [-0.2, -0.15) is 4.98 Å². The van der Waals surface area contributed by atoms with E-state index >= 15 is 0 Å². The second-order valence-corrected chi connectivity index (χ2v) is 4.22. The summed E-state index contributed by atoms with van der Waals surface area (Å²) in [6.45, 7) is 0.724. The number of hydrogen-bond donors (Lipinski definition) is 1. The largest absolute Gasteiger partial charge is 0.339 e. The zero-order valence-corrected chi connectivity index (χ0v) is 8.60. The van der Waals surface area contributed by atoms with Crippen LogP contribution in [0, 0.1) is 0 Å². The highest BCUT2D eigenvalue weighted by atomic mass is 16.5. The van der Waals surface area contributed by atoms with E-state index in [1.807, 2.05) is 19.0 Å². The predicted molar refractivity (Wildman–Crippen MR) is 51.6 cm³/mol. The molecule has 78 valence electrons. The van der Waals surface area contributed by atoms with Gasteiger partial charge in [0.1, 0.15) is 0 Å². The molecule has 1 aliphatic rings. The van der Waals surface area contributed by atoms with Gasteiger partial charge in [0, 0.05) is 12.0 Å². The van der Waals surface area contributed by atoms with E-state index in [4.69, 9.17) is 10.3 Å². The average molecular weight is 196 g/mol. The Morgan fingerprint density at radius 2 is 2.21 bits per heavy atom. The molecule has 1 aromatic rings. The first-order valence-electron chi connectivity index (χ1n) is 4.88. The van der Waals surface area contributed by atoms with Crippen LogP contribution in [0.15, 0.2) is 4.52 Å². The average Bonchev–Trinajstić information content (AvgIpc) is 2.46. The lowest BCUT2D eigenvalue weighted by Crippen LogP contribution is -2.34. The minimum atomic E-state index is 0.323. The van der Waals surface area contributed by atoms with Crippen LogP contribution in [0.1, 0.15) is 30.5 Å². The minimum absolute atomic E-state index is 0.323. The lowest BCUT2D eigenvalue weighted by Gasteiger charge is -2.28. The summed E-state index contributed by atoms with van der Waals surface area (Å²) in [6, 6.07) is 0.323. The van der Waals surface area contributed by atoms with Gasteiger partial charge in [-0.1, -0.05) is 5.16 Å². The summed E-state index contributed by atoms with van der Waals surface area (Å²) in [6.07, 6.45) is 1.95. The maximum Gasteiger partial charge on any atom is 0.229 e. The van der Waals surface area contributed by atoms with Crippen molar-refractivity contribution in [1.29, 1.82) is 0 Å². The van der Waals surface area contributed by atoms with Crippen LogP contribution in [-0.2, 0) is 6.54 Å². The normalized spacial score (nSPS) is 26.6. The lowest BCUT2D eigenvalue weighted by atomic mass is 9.81. The number of aromatic nitrogens is 2. The predicted octanol–water partition coefficient (Wildman–Crippen LogP) is 0.336. The molecule has 1 fully saturated rings. The topological polar surface area (TPSA) is 68.2 Å². The van der Waals surface area contributed by atoms with Crippen molar-refractivity contribution in [2.24, 2.45) is 5.73 Å². The Labute approximate surface area is 83.3 Å². The minimum Gasteiger partial charge on any atom is -0.339 e. The van der Waals surface area contributed by atoms with Crippen LogP contribution in [-0.4, -0.2) is 35.2 Å². The maximum atomic E-state index is 5.70. The molecule has 5 nitrogen and oxygen atoms in total. The molecule has 0 amide bonds. The maximum absolute atomic E-state index is 5.70. The fourth-order valence-electron chi connectivity index (χ4n) is 1.64. The molecule has 0 unspecified atom stereocenters. The zero-order chi connectivity index (χ0) is 10.1. The van der Waals surface area contributed by atoms with Gasteiger partial charge in [0.05, 0.1) is 6.54 Å². The summed E-state index contributed by atoms with van der Waals surface area (Å²) >= 11 is 0. The lowest BCUT2D eigenvalue weighted by molar-refractivity contribution is 0.263. The van der Waals surface area contributed by atoms with E-state index in [-0.39, 0.29) is 0 Å². The summed E-state index contributed by atoms with van der Waals surface area (Å²) in [5.41, 5.74) is 5.70. The second kappa shape index (κ2) is 3.67. The molecule has 1 saturated carbocycles. The van der Waals surface area contributed by atoms with Crippen molar-refractivity contribution in [3.8, 4) is 0 Å². The molecule has 2 rings (SSSR count). The second-order valence-electron chi connectivity index (χ2n) is 4.22. The quantitative estimate of drug-likeness (QED) is 0.754. The summed E-state index contributed by atoms with van der Waals surface area (Å²) in [7, 11) is 3.96. The van der Waals surface area contributed by atoms with Crippen LogP contribution >= 0.6 is 0 Å². The molecule has 14 heavy (non-hydrogen) atoms. The molecule has 0 spiro atoms. The molecule has 0 radical (unpaired) electrons. The third-order valence-electron chi connectivity index (χ3n) is 2.47. The highest BCUT2D eigenvalue weighted by Crippen LogP contribution is 2.34. The summed E-state index contributed by atoms with van der Waals surface area (Å²) in [5.74, 6) is 1.91. The zero-order valence-electron chi connectivity index (χ0n) is 8.60. The van der Waals surface area contributed by atoms with Gasteiger partial charge >= 0.3 is 0 Å². The van der Waals surface area contributed by atoms with Crippen LogP contribution < -0.4 is 5.73 Å². The van der Waals surface area contributed by atoms with Crippen LogP contribution in [0.2, 0.25) is 0 Å². The monoisotopic (exact) mass is 196 g/mol. The highest BCUT2D eigenvalue weighted by molar-refractivity contribution is 5.02. The molecule has 2 N–H and O–H groups in total. The van der Waals surface area contributed by atoms with E-state index in [2.05, 4.69) is 10.1 Å². The molecule has 1 heterocycles. The number of nitrogens with zero attached hydrogens (tertiary/aromatic N) is 3. The fraction of sp³-hybridized carbons (Fsp3) is 0.778. The van der Waals surface area contributed by atoms with Crippen LogP contribution in [0.25, 0.3) is 0 Å². The van der Waals surface area contributed by atoms with Gasteiger partial charge in [-0.15, -0.1) is 0 Å². The van der Waals surface area contributed by atoms with Crippen molar-refractivity contribution in [3.05, 3.63) is 11.7 Å². The molecule has 0 aromatic carbocycles. The van der Waals surface area contributed by atoms with Crippen molar-refractivity contribution >= 4 is 0 Å². The Hall–Kier alpha value is -0.940. The first-order valence-corrected chi connectivity index (χ1v) is 4.88. The van der Waals surface area contributed by atoms with Crippen molar-refractivity contribution in [2.75, 3.05) is 14.1 Å². The van der Waals surface area contributed by atoms with Gasteiger partial charge in [-0.25, -0.2) is 0 Å². The Kier molecular flexibility index (Phi) is 2.52. The molecule has 1 aliphatic carbocycles. The van der Waals surface area contributed by atoms with E-state index in [1.54, 1.807) is 0 Å². The fourth-order valence-corrected chi connectivity index (χ4v) is 1.64. The number of nitrogens with two attached hydrogens (primary N) is 1. The third-order valence-corrected chi connectivity index (χ3v) is 2.47. The van der Waals surface area contributed by atoms with E-state index < -0.39 is 0 Å². The SMILES string of the molecule is CN(C)Cc1noc(C2CC(N)C2)n1. The first kappa shape index (κ1) is 9.61. The molecule has 5 heteroatoms. The Balaban J connectivity index is 1.96. The van der Waals surface area contributed by atoms with Crippen molar-refractivity contribution in [2.45, 2.75) is 31.3 Å². The van der Waals surface area contributed by atoms with Gasteiger partial charge in [0.25, 0.3) is 0 Å². The van der Waals surface area contributed by atoms with Gasteiger partial charge in [0.15, 0.2) is 5.82 Å². The van der Waals surface area contributed by atoms with Gasteiger partial charge in [0.2, 0.25) is 5.89 Å². The highest BCUT2D eigenvalue weighted by Gasteiger charge is 2.31. The van der Waals surface area contributed by atoms with Gasteiger partial charge < -0.3 is 15.2 Å². The van der Waals surface area contributed by atoms with Gasteiger partial charge in [-0.3, -0.25) is 0 Å². The Morgan fingerprint density at radius 3 is 2.79 bits per heavy atom. The molecule has 1 aromatic heterocycles. The van der Waals surface area contributed by atoms with Crippen LogP contribution in [0.5, 0.6) is 0 Å². The molecular formula is C9H16N4O. The summed E-state index contributed by atoms with van der Waals surface area (Å²) in [5, 5.41) is 3.92. The van der Waals surface area contributed by atoms with E-state index in [0.29, 0.717) is 12.0 Å². The summed E-state index contributed by atoms with van der Waals surface area (Å²) in [4.78, 5) is 6.35. The van der Waals surface area contributed by atoms with Crippen LogP contribution in [0.3, 0.4) is 0 Å². The number of rotatable bonds is 3. The standard InChI is InChI=1S/C9H16N4O/c1-13(2)5-8-11-9(14-12-8)6-3-7(10)4-6/h6-7H,3-5,10H2,1-2H3. The van der Waals surface area contributed by atoms with Crippen molar-refractivity contribution in [1.82, 2.24) is 15.0 Å². The molecule has 0 atom stereocenters. The van der Waals surface area contributed by atoms with Crippen LogP contribution in [0.4, 0.5) is 0 Å².